The highest BCUT2D eigenvalue weighted by atomic mass is 16.4. The van der Waals surface area contributed by atoms with Gasteiger partial charge in [0, 0.05) is 13.1 Å². The van der Waals surface area contributed by atoms with Crippen LogP contribution in [0.15, 0.2) is 12.4 Å². The molecule has 0 spiro atoms. The van der Waals surface area contributed by atoms with Crippen molar-refractivity contribution in [1.29, 1.82) is 0 Å². The van der Waals surface area contributed by atoms with Crippen LogP contribution in [0.4, 0.5) is 0 Å². The van der Waals surface area contributed by atoms with Crippen molar-refractivity contribution in [2.45, 2.75) is 19.3 Å². The molecule has 22 heavy (non-hydrogen) atoms. The number of carbonyl (C=O) groups excluding carboxylic acids is 1. The van der Waals surface area contributed by atoms with Gasteiger partial charge >= 0.3 is 11.9 Å². The van der Waals surface area contributed by atoms with E-state index in [1.165, 1.54) is 4.90 Å². The van der Waals surface area contributed by atoms with E-state index in [1.807, 2.05) is 0 Å². The van der Waals surface area contributed by atoms with Crippen molar-refractivity contribution in [3.63, 3.8) is 0 Å². The van der Waals surface area contributed by atoms with Crippen LogP contribution < -0.4 is 0 Å². The summed E-state index contributed by atoms with van der Waals surface area (Å²) in [4.78, 5) is 43.7. The Bertz CT molecular complexity index is 644. The Labute approximate surface area is 125 Å². The number of rotatable bonds is 3. The van der Waals surface area contributed by atoms with Gasteiger partial charge in [-0.2, -0.15) is 0 Å². The highest BCUT2D eigenvalue weighted by Crippen LogP contribution is 2.49. The lowest BCUT2D eigenvalue weighted by Gasteiger charge is -2.23. The maximum atomic E-state index is 12.4. The number of hydrogen-bond donors (Lipinski definition) is 2. The molecule has 2 heterocycles. The summed E-state index contributed by atoms with van der Waals surface area (Å²) in [5, 5.41) is 18.3. The molecule has 116 valence electrons. The van der Waals surface area contributed by atoms with Crippen LogP contribution in [0.1, 0.15) is 40.2 Å². The van der Waals surface area contributed by atoms with E-state index in [0.29, 0.717) is 13.0 Å². The van der Waals surface area contributed by atoms with Crippen molar-refractivity contribution in [3.8, 4) is 0 Å². The number of hydrogen-bond acceptors (Lipinski definition) is 5. The average molecular weight is 305 g/mol. The molecule has 1 aromatic rings. The van der Waals surface area contributed by atoms with Gasteiger partial charge in [-0.05, 0) is 18.8 Å². The molecule has 1 aromatic heterocycles. The second kappa shape index (κ2) is 5.04. The number of carbonyl (C=O) groups is 3. The molecule has 0 aromatic carbocycles. The van der Waals surface area contributed by atoms with Crippen molar-refractivity contribution in [1.82, 2.24) is 14.9 Å². The van der Waals surface area contributed by atoms with Gasteiger partial charge in [-0.25, -0.2) is 14.8 Å². The predicted octanol–water partition coefficient (Wildman–Crippen LogP) is 0.502. The molecule has 2 atom stereocenters. The third-order valence-electron chi connectivity index (χ3n) is 4.67. The SMILES string of the molecule is O=C(O)c1cnc(C(=O)N2C[C@@H]3CCC[C@@]3(C(=O)O)C2)cn1. The highest BCUT2D eigenvalue weighted by Gasteiger charge is 2.55. The molecule has 8 nitrogen and oxygen atoms in total. The van der Waals surface area contributed by atoms with Crippen molar-refractivity contribution in [3.05, 3.63) is 23.8 Å². The number of amides is 1. The highest BCUT2D eigenvalue weighted by molar-refractivity contribution is 5.93. The molecule has 1 amide bonds. The minimum absolute atomic E-state index is 0.0276. The molecular formula is C14H15N3O5. The van der Waals surface area contributed by atoms with Crippen LogP contribution in [-0.2, 0) is 4.79 Å². The van der Waals surface area contributed by atoms with Crippen LogP contribution in [0.25, 0.3) is 0 Å². The molecule has 3 rings (SSSR count). The van der Waals surface area contributed by atoms with E-state index in [4.69, 9.17) is 5.11 Å². The number of aromatic nitrogens is 2. The molecular weight excluding hydrogens is 290 g/mol. The number of aromatic carboxylic acids is 1. The van der Waals surface area contributed by atoms with Gasteiger partial charge in [0.25, 0.3) is 5.91 Å². The second-order valence-corrected chi connectivity index (χ2v) is 5.83. The van der Waals surface area contributed by atoms with Crippen LogP contribution in [0.3, 0.4) is 0 Å². The molecule has 0 unspecified atom stereocenters. The number of carboxylic acid groups (broad SMARTS) is 2. The van der Waals surface area contributed by atoms with Gasteiger partial charge in [0.1, 0.15) is 5.69 Å². The molecule has 1 aliphatic carbocycles. The normalized spacial score (nSPS) is 26.7. The lowest BCUT2D eigenvalue weighted by Crippen LogP contribution is -2.37. The molecule has 2 aliphatic rings. The lowest BCUT2D eigenvalue weighted by atomic mass is 9.81. The van der Waals surface area contributed by atoms with Crippen LogP contribution in [0.2, 0.25) is 0 Å². The zero-order chi connectivity index (χ0) is 15.9. The first-order valence-electron chi connectivity index (χ1n) is 7.02. The summed E-state index contributed by atoms with van der Waals surface area (Å²) in [6.45, 7) is 0.571. The van der Waals surface area contributed by atoms with Crippen molar-refractivity contribution in [2.24, 2.45) is 11.3 Å². The van der Waals surface area contributed by atoms with Crippen LogP contribution >= 0.6 is 0 Å². The van der Waals surface area contributed by atoms with Gasteiger partial charge in [-0.15, -0.1) is 0 Å². The van der Waals surface area contributed by atoms with E-state index in [-0.39, 0.29) is 23.9 Å². The third kappa shape index (κ3) is 2.11. The first-order valence-corrected chi connectivity index (χ1v) is 7.02. The Morgan fingerprint density at radius 3 is 2.41 bits per heavy atom. The summed E-state index contributed by atoms with van der Waals surface area (Å²) in [5.74, 6) is -2.50. The Kier molecular flexibility index (Phi) is 3.31. The maximum absolute atomic E-state index is 12.4. The summed E-state index contributed by atoms with van der Waals surface area (Å²) in [5.41, 5.74) is -1.05. The molecule has 1 aliphatic heterocycles. The Morgan fingerprint density at radius 2 is 1.86 bits per heavy atom. The van der Waals surface area contributed by atoms with Gasteiger partial charge in [0.2, 0.25) is 0 Å². The van der Waals surface area contributed by atoms with Gasteiger partial charge in [0.15, 0.2) is 5.69 Å². The third-order valence-corrected chi connectivity index (χ3v) is 4.67. The molecule has 2 N–H and O–H groups in total. The van der Waals surface area contributed by atoms with Gasteiger partial charge in [-0.3, -0.25) is 9.59 Å². The first kappa shape index (κ1) is 14.4. The smallest absolute Gasteiger partial charge is 0.356 e. The molecule has 0 bridgehead atoms. The van der Waals surface area contributed by atoms with Crippen LogP contribution in [-0.4, -0.2) is 56.0 Å². The number of fused-ring (bicyclic) bond motifs is 1. The van der Waals surface area contributed by atoms with E-state index in [9.17, 15) is 19.5 Å². The first-order chi connectivity index (χ1) is 10.4. The predicted molar refractivity (Wildman–Crippen MR) is 72.3 cm³/mol. The summed E-state index contributed by atoms with van der Waals surface area (Å²) in [6, 6.07) is 0. The van der Waals surface area contributed by atoms with E-state index < -0.39 is 23.3 Å². The van der Waals surface area contributed by atoms with Crippen molar-refractivity contribution < 1.29 is 24.6 Å². The monoisotopic (exact) mass is 305 g/mol. The number of carboxylic acids is 2. The topological polar surface area (TPSA) is 121 Å². The van der Waals surface area contributed by atoms with Crippen molar-refractivity contribution >= 4 is 17.8 Å². The van der Waals surface area contributed by atoms with Gasteiger partial charge in [-0.1, -0.05) is 6.42 Å². The standard InChI is InChI=1S/C14H15N3O5/c18-11(9-4-16-10(5-15-9)12(19)20)17-6-8-2-1-3-14(8,7-17)13(21)22/h4-5,8H,1-3,6-7H2,(H,19,20)(H,21,22)/t8-,14+/m0/s1. The lowest BCUT2D eigenvalue weighted by molar-refractivity contribution is -0.149. The Morgan fingerprint density at radius 1 is 1.18 bits per heavy atom. The molecule has 8 heteroatoms. The number of nitrogens with zero attached hydrogens (tertiary/aromatic N) is 3. The van der Waals surface area contributed by atoms with E-state index >= 15 is 0 Å². The van der Waals surface area contributed by atoms with E-state index in [2.05, 4.69) is 9.97 Å². The molecule has 2 fully saturated rings. The summed E-state index contributed by atoms with van der Waals surface area (Å²) >= 11 is 0. The fraction of sp³-hybridized carbons (Fsp3) is 0.500. The minimum atomic E-state index is -1.22. The Hall–Kier alpha value is -2.51. The fourth-order valence-electron chi connectivity index (χ4n) is 3.50. The second-order valence-electron chi connectivity index (χ2n) is 5.83. The van der Waals surface area contributed by atoms with Gasteiger partial charge < -0.3 is 15.1 Å². The van der Waals surface area contributed by atoms with Crippen LogP contribution in [0, 0.1) is 11.3 Å². The largest absolute Gasteiger partial charge is 0.481 e. The van der Waals surface area contributed by atoms with Crippen molar-refractivity contribution in [2.75, 3.05) is 13.1 Å². The van der Waals surface area contributed by atoms with Crippen LogP contribution in [0.5, 0.6) is 0 Å². The zero-order valence-electron chi connectivity index (χ0n) is 11.7. The summed E-state index contributed by atoms with van der Waals surface area (Å²) in [7, 11) is 0. The quantitative estimate of drug-likeness (QED) is 0.834. The minimum Gasteiger partial charge on any atom is -0.481 e. The average Bonchev–Trinajstić information content (AvgIpc) is 3.04. The fourth-order valence-corrected chi connectivity index (χ4v) is 3.50. The zero-order valence-corrected chi connectivity index (χ0v) is 11.7. The molecule has 0 radical (unpaired) electrons. The van der Waals surface area contributed by atoms with Gasteiger partial charge in [0.05, 0.1) is 17.8 Å². The number of aliphatic carboxylic acids is 1. The maximum Gasteiger partial charge on any atom is 0.356 e. The molecule has 1 saturated heterocycles. The van der Waals surface area contributed by atoms with E-state index in [0.717, 1.165) is 25.2 Å². The summed E-state index contributed by atoms with van der Waals surface area (Å²) in [6.07, 6.45) is 4.40. The Balaban J connectivity index is 1.79. The number of likely N-dealkylation sites (tertiary alicyclic amines) is 1. The van der Waals surface area contributed by atoms with E-state index in [1.54, 1.807) is 0 Å². The summed E-state index contributed by atoms with van der Waals surface area (Å²) < 4.78 is 0. The molecule has 1 saturated carbocycles.